The topological polar surface area (TPSA) is 61.4 Å². The van der Waals surface area contributed by atoms with Gasteiger partial charge in [-0.25, -0.2) is 0 Å². The molecule has 126 valence electrons. The molecule has 5 rings (SSSR count). The number of nitrogens with one attached hydrogen (secondary N) is 2. The second-order valence-electron chi connectivity index (χ2n) is 7.25. The van der Waals surface area contributed by atoms with Gasteiger partial charge in [0.25, 0.3) is 0 Å². The Morgan fingerprint density at radius 3 is 2.28 bits per heavy atom. The molecule has 2 aromatic carbocycles. The Morgan fingerprint density at radius 2 is 1.56 bits per heavy atom. The third kappa shape index (κ3) is 1.99. The summed E-state index contributed by atoms with van der Waals surface area (Å²) in [5, 5.41) is 7.15. The first-order chi connectivity index (χ1) is 12.1. The van der Waals surface area contributed by atoms with Crippen molar-refractivity contribution in [3.8, 4) is 0 Å². The lowest BCUT2D eigenvalue weighted by Crippen LogP contribution is -2.50. The lowest BCUT2D eigenvalue weighted by atomic mass is 9.83. The van der Waals surface area contributed by atoms with E-state index in [0.717, 1.165) is 37.3 Å². The normalized spacial score (nSPS) is 20.5. The molecule has 0 bridgehead atoms. The monoisotopic (exact) mass is 333 g/mol. The number of nitrogens with zero attached hydrogens (tertiary/aromatic N) is 1. The molecule has 0 atom stereocenters. The third-order valence-electron chi connectivity index (χ3n) is 5.67. The lowest BCUT2D eigenvalue weighted by molar-refractivity contribution is 0.0979. The third-order valence-corrected chi connectivity index (χ3v) is 5.67. The van der Waals surface area contributed by atoms with Crippen LogP contribution in [0.25, 0.3) is 0 Å². The molecule has 5 nitrogen and oxygen atoms in total. The fraction of sp³-hybridized carbons (Fsp3) is 0.300. The molecule has 0 unspecified atom stereocenters. The summed E-state index contributed by atoms with van der Waals surface area (Å²) >= 11 is 0. The predicted octanol–water partition coefficient (Wildman–Crippen LogP) is 2.72. The van der Waals surface area contributed by atoms with Gasteiger partial charge in [0, 0.05) is 42.6 Å². The molecule has 0 amide bonds. The van der Waals surface area contributed by atoms with Gasteiger partial charge in [-0.3, -0.25) is 9.59 Å². The molecule has 1 saturated heterocycles. The molecule has 0 saturated carbocycles. The van der Waals surface area contributed by atoms with Gasteiger partial charge in [-0.1, -0.05) is 24.3 Å². The van der Waals surface area contributed by atoms with Crippen LogP contribution < -0.4 is 10.6 Å². The largest absolute Gasteiger partial charge is 0.361 e. The first-order valence-corrected chi connectivity index (χ1v) is 8.68. The molecular weight excluding hydrogens is 314 g/mol. The van der Waals surface area contributed by atoms with Gasteiger partial charge in [-0.15, -0.1) is 0 Å². The number of hydrogen-bond acceptors (Lipinski definition) is 5. The van der Waals surface area contributed by atoms with Crippen LogP contribution in [0.3, 0.4) is 0 Å². The van der Waals surface area contributed by atoms with E-state index in [4.69, 9.17) is 0 Å². The number of benzene rings is 2. The van der Waals surface area contributed by atoms with Crippen molar-refractivity contribution in [2.75, 3.05) is 30.8 Å². The van der Waals surface area contributed by atoms with Crippen LogP contribution in [0.4, 0.5) is 11.4 Å². The number of carbonyl (C=O) groups is 2. The van der Waals surface area contributed by atoms with Crippen molar-refractivity contribution >= 4 is 22.9 Å². The molecule has 0 aromatic heterocycles. The Hall–Kier alpha value is -2.66. The average Bonchev–Trinajstić information content (AvgIpc) is 3.00. The lowest BCUT2D eigenvalue weighted by Gasteiger charge is -2.38. The predicted molar refractivity (Wildman–Crippen MR) is 96.5 cm³/mol. The van der Waals surface area contributed by atoms with Crippen LogP contribution in [0.5, 0.6) is 0 Å². The summed E-state index contributed by atoms with van der Waals surface area (Å²) in [5.74, 6) is -0.138. The average molecular weight is 333 g/mol. The fourth-order valence-corrected chi connectivity index (χ4v) is 4.20. The molecule has 1 aliphatic carbocycles. The standard InChI is InChI=1S/C20H19N3O2/c1-23-10-8-20(9-11-23)21-15-7-6-14-16(17(15)22-20)19(25)13-5-3-2-4-12(13)18(14)24/h2-7,21-22H,8-11H2,1H3. The molecule has 2 aliphatic heterocycles. The van der Waals surface area contributed by atoms with Crippen LogP contribution in [0, 0.1) is 0 Å². The van der Waals surface area contributed by atoms with Gasteiger partial charge in [0.2, 0.25) is 0 Å². The van der Waals surface area contributed by atoms with Crippen LogP contribution in [-0.4, -0.2) is 42.3 Å². The van der Waals surface area contributed by atoms with Crippen LogP contribution in [0.1, 0.15) is 44.7 Å². The van der Waals surface area contributed by atoms with Crippen molar-refractivity contribution in [1.82, 2.24) is 4.90 Å². The zero-order valence-electron chi connectivity index (χ0n) is 14.1. The Labute approximate surface area is 146 Å². The number of carbonyl (C=O) groups excluding carboxylic acids is 2. The van der Waals surface area contributed by atoms with E-state index in [0.29, 0.717) is 22.3 Å². The highest BCUT2D eigenvalue weighted by atomic mass is 16.1. The number of hydrogen-bond donors (Lipinski definition) is 2. The molecule has 1 spiro atoms. The Morgan fingerprint density at radius 1 is 0.880 bits per heavy atom. The van der Waals surface area contributed by atoms with Crippen LogP contribution in [-0.2, 0) is 0 Å². The second-order valence-corrected chi connectivity index (χ2v) is 7.25. The van der Waals surface area contributed by atoms with Crippen LogP contribution in [0.2, 0.25) is 0 Å². The molecule has 2 N–H and O–H groups in total. The van der Waals surface area contributed by atoms with E-state index in [2.05, 4.69) is 22.6 Å². The first kappa shape index (κ1) is 14.7. The van der Waals surface area contributed by atoms with Gasteiger partial charge < -0.3 is 15.5 Å². The highest BCUT2D eigenvalue weighted by molar-refractivity contribution is 6.31. The maximum Gasteiger partial charge on any atom is 0.196 e. The van der Waals surface area contributed by atoms with Gasteiger partial charge in [0.15, 0.2) is 11.6 Å². The number of anilines is 2. The van der Waals surface area contributed by atoms with Gasteiger partial charge in [-0.05, 0) is 19.2 Å². The number of likely N-dealkylation sites (tertiary alicyclic amines) is 1. The molecule has 1 fully saturated rings. The zero-order chi connectivity index (χ0) is 17.2. The van der Waals surface area contributed by atoms with Gasteiger partial charge >= 0.3 is 0 Å². The zero-order valence-corrected chi connectivity index (χ0v) is 14.1. The minimum atomic E-state index is -0.218. The highest BCUT2D eigenvalue weighted by Gasteiger charge is 2.42. The Kier molecular flexibility index (Phi) is 2.89. The summed E-state index contributed by atoms with van der Waals surface area (Å²) in [6.45, 7) is 1.98. The van der Waals surface area contributed by atoms with E-state index in [9.17, 15) is 9.59 Å². The fourth-order valence-electron chi connectivity index (χ4n) is 4.20. The summed E-state index contributed by atoms with van der Waals surface area (Å²) < 4.78 is 0. The quantitative estimate of drug-likeness (QED) is 0.662. The molecule has 2 heterocycles. The van der Waals surface area contributed by atoms with E-state index < -0.39 is 0 Å². The molecule has 25 heavy (non-hydrogen) atoms. The molecule has 3 aliphatic rings. The van der Waals surface area contributed by atoms with E-state index in [-0.39, 0.29) is 17.2 Å². The number of ketones is 2. The van der Waals surface area contributed by atoms with E-state index in [1.165, 1.54) is 0 Å². The van der Waals surface area contributed by atoms with Crippen molar-refractivity contribution in [3.05, 3.63) is 58.7 Å². The maximum absolute atomic E-state index is 13.1. The molecule has 5 heteroatoms. The summed E-state index contributed by atoms with van der Waals surface area (Å²) in [4.78, 5) is 28.3. The molecular formula is C20H19N3O2. The minimum absolute atomic E-state index is 0.0682. The number of fused-ring (bicyclic) bond motifs is 4. The van der Waals surface area contributed by atoms with E-state index in [1.807, 2.05) is 12.1 Å². The highest BCUT2D eigenvalue weighted by Crippen LogP contribution is 2.44. The molecule has 0 radical (unpaired) electrons. The van der Waals surface area contributed by atoms with Gasteiger partial charge in [0.05, 0.1) is 16.9 Å². The van der Waals surface area contributed by atoms with E-state index >= 15 is 0 Å². The van der Waals surface area contributed by atoms with Crippen LogP contribution in [0.15, 0.2) is 36.4 Å². The SMILES string of the molecule is CN1CCC2(CC1)Nc1ccc3c(c1N2)C(=O)c1ccccc1C3=O. The van der Waals surface area contributed by atoms with Crippen molar-refractivity contribution in [3.63, 3.8) is 0 Å². The van der Waals surface area contributed by atoms with Gasteiger partial charge in [0.1, 0.15) is 5.66 Å². The number of rotatable bonds is 0. The van der Waals surface area contributed by atoms with Crippen molar-refractivity contribution in [2.45, 2.75) is 18.5 Å². The van der Waals surface area contributed by atoms with Crippen molar-refractivity contribution in [2.24, 2.45) is 0 Å². The second kappa shape index (κ2) is 4.92. The summed E-state index contributed by atoms with van der Waals surface area (Å²) in [6.07, 6.45) is 1.90. The first-order valence-electron chi connectivity index (χ1n) is 8.68. The van der Waals surface area contributed by atoms with Crippen LogP contribution >= 0.6 is 0 Å². The van der Waals surface area contributed by atoms with Gasteiger partial charge in [-0.2, -0.15) is 0 Å². The van der Waals surface area contributed by atoms with Crippen molar-refractivity contribution < 1.29 is 9.59 Å². The maximum atomic E-state index is 13.1. The summed E-state index contributed by atoms with van der Waals surface area (Å²) in [6, 6.07) is 10.8. The number of piperidine rings is 1. The smallest absolute Gasteiger partial charge is 0.196 e. The molecule has 2 aromatic rings. The Balaban J connectivity index is 1.62. The van der Waals surface area contributed by atoms with E-state index in [1.54, 1.807) is 24.3 Å². The summed E-state index contributed by atoms with van der Waals surface area (Å²) in [5.41, 5.74) is 3.51. The summed E-state index contributed by atoms with van der Waals surface area (Å²) in [7, 11) is 2.12. The Bertz CT molecular complexity index is 927. The van der Waals surface area contributed by atoms with Crippen molar-refractivity contribution in [1.29, 1.82) is 0 Å². The minimum Gasteiger partial charge on any atom is -0.361 e.